The predicted octanol–water partition coefficient (Wildman–Crippen LogP) is 5.98. The fraction of sp³-hybridized carbons (Fsp3) is 0.464. The molecule has 1 aromatic heterocycles. The molecule has 1 atom stereocenters. The molecule has 5 rings (SSSR count). The lowest BCUT2D eigenvalue weighted by Crippen LogP contribution is -2.36. The number of carboxylic acids is 1. The fourth-order valence-electron chi connectivity index (χ4n) is 5.96. The topological polar surface area (TPSA) is 84.7 Å². The molecule has 1 fully saturated rings. The second-order valence-corrected chi connectivity index (χ2v) is 10.5. The molecule has 0 spiro atoms. The van der Waals surface area contributed by atoms with Gasteiger partial charge in [-0.2, -0.15) is 0 Å². The Labute approximate surface area is 216 Å². The maximum absolute atomic E-state index is 12.3. The number of carbonyl (C=O) groups excluding carboxylic acids is 1. The van der Waals surface area contributed by atoms with Crippen molar-refractivity contribution in [1.82, 2.24) is 14.5 Å². The first-order valence-corrected chi connectivity index (χ1v) is 13.1. The van der Waals surface area contributed by atoms with Gasteiger partial charge in [-0.25, -0.2) is 9.78 Å². The summed E-state index contributed by atoms with van der Waals surface area (Å²) in [5, 5.41) is 10.2. The molecule has 1 aliphatic heterocycles. The maximum Gasteiger partial charge on any atom is 0.409 e. The van der Waals surface area contributed by atoms with Gasteiger partial charge >= 0.3 is 12.1 Å². The number of carboxylic acid groups (broad SMARTS) is 1. The van der Waals surface area contributed by atoms with E-state index in [1.165, 1.54) is 12.7 Å². The Hall–Kier alpha value is -3.06. The van der Waals surface area contributed by atoms with Gasteiger partial charge in [0.15, 0.2) is 0 Å². The van der Waals surface area contributed by atoms with Crippen LogP contribution >= 0.6 is 11.6 Å². The molecule has 0 radical (unpaired) electrons. The number of nitrogens with zero attached hydrogens (tertiary/aromatic N) is 3. The maximum atomic E-state index is 12.3. The van der Waals surface area contributed by atoms with Crippen molar-refractivity contribution >= 4 is 34.7 Å². The van der Waals surface area contributed by atoms with Gasteiger partial charge in [-0.05, 0) is 62.6 Å². The zero-order chi connectivity index (χ0) is 25.4. The molecule has 0 unspecified atom stereocenters. The van der Waals surface area contributed by atoms with Gasteiger partial charge < -0.3 is 19.3 Å². The van der Waals surface area contributed by atoms with Crippen LogP contribution in [0, 0.1) is 5.92 Å². The lowest BCUT2D eigenvalue weighted by molar-refractivity contribution is -0.142. The highest BCUT2D eigenvalue weighted by atomic mass is 35.5. The van der Waals surface area contributed by atoms with Gasteiger partial charge in [0.1, 0.15) is 5.82 Å². The van der Waals surface area contributed by atoms with Crippen LogP contribution < -0.4 is 0 Å². The predicted molar refractivity (Wildman–Crippen MR) is 138 cm³/mol. The van der Waals surface area contributed by atoms with Crippen LogP contribution in [0.15, 0.2) is 36.4 Å². The van der Waals surface area contributed by atoms with Crippen molar-refractivity contribution in [3.05, 3.63) is 63.9 Å². The summed E-state index contributed by atoms with van der Waals surface area (Å²) in [4.78, 5) is 30.8. The highest BCUT2D eigenvalue weighted by Crippen LogP contribution is 2.41. The van der Waals surface area contributed by atoms with Crippen LogP contribution in [-0.2, 0) is 28.9 Å². The summed E-state index contributed by atoms with van der Waals surface area (Å²) in [5.41, 5.74) is 5.14. The Bertz CT molecular complexity index is 1280. The average molecular weight is 510 g/mol. The van der Waals surface area contributed by atoms with Gasteiger partial charge in [-0.15, -0.1) is 0 Å². The number of hydrogen-bond acceptors (Lipinski definition) is 4. The minimum Gasteiger partial charge on any atom is -0.481 e. The van der Waals surface area contributed by atoms with Crippen LogP contribution in [0.25, 0.3) is 11.0 Å². The third-order valence-electron chi connectivity index (χ3n) is 7.85. The molecule has 190 valence electrons. The minimum atomic E-state index is -0.705. The number of imidazole rings is 1. The molecular formula is C28H32ClN3O4. The molecule has 1 amide bonds. The Morgan fingerprint density at radius 3 is 2.56 bits per heavy atom. The normalized spacial score (nSPS) is 20.7. The van der Waals surface area contributed by atoms with E-state index in [-0.39, 0.29) is 24.0 Å². The van der Waals surface area contributed by atoms with E-state index in [1.807, 2.05) is 12.1 Å². The summed E-state index contributed by atoms with van der Waals surface area (Å²) < 4.78 is 7.30. The molecule has 1 aliphatic carbocycles. The highest BCUT2D eigenvalue weighted by molar-refractivity contribution is 6.32. The first-order valence-electron chi connectivity index (χ1n) is 12.7. The number of ether oxygens (including phenoxy) is 1. The SMILES string of the molecule is COC(=O)N1CCc2c(Cl)cc3c(nc([C@H]4CC[C@H](C(=O)O)CC4)n3[C@@H](C)Cc3ccccc3)c2C1. The second kappa shape index (κ2) is 10.1. The van der Waals surface area contributed by atoms with E-state index in [9.17, 15) is 14.7 Å². The summed E-state index contributed by atoms with van der Waals surface area (Å²) in [6.07, 6.45) is 4.05. The number of aliphatic carboxylic acids is 1. The number of benzene rings is 2. The third kappa shape index (κ3) is 4.57. The molecule has 2 heterocycles. The van der Waals surface area contributed by atoms with Crippen molar-refractivity contribution in [3.63, 3.8) is 0 Å². The largest absolute Gasteiger partial charge is 0.481 e. The van der Waals surface area contributed by atoms with E-state index < -0.39 is 5.97 Å². The van der Waals surface area contributed by atoms with Gasteiger partial charge in [0.05, 0.1) is 30.6 Å². The van der Waals surface area contributed by atoms with Gasteiger partial charge in [-0.1, -0.05) is 41.9 Å². The quantitative estimate of drug-likeness (QED) is 0.457. The number of fused-ring (bicyclic) bond motifs is 3. The van der Waals surface area contributed by atoms with Crippen molar-refractivity contribution in [2.75, 3.05) is 13.7 Å². The molecular weight excluding hydrogens is 478 g/mol. The summed E-state index contributed by atoms with van der Waals surface area (Å²) in [6.45, 7) is 3.17. The molecule has 0 saturated heterocycles. The van der Waals surface area contributed by atoms with Crippen molar-refractivity contribution in [2.24, 2.45) is 5.92 Å². The summed E-state index contributed by atoms with van der Waals surface area (Å²) in [6, 6.07) is 12.6. The third-order valence-corrected chi connectivity index (χ3v) is 8.18. The van der Waals surface area contributed by atoms with E-state index >= 15 is 0 Å². The molecule has 2 aliphatic rings. The average Bonchev–Trinajstić information content (AvgIpc) is 3.28. The lowest BCUT2D eigenvalue weighted by Gasteiger charge is -2.29. The standard InChI is InChI=1S/C28H32ClN3O4/c1-17(14-18-6-4-3-5-7-18)32-24-15-23(29)21-12-13-31(28(35)36-2)16-22(21)25(24)30-26(32)19-8-10-20(11-9-19)27(33)34/h3-7,15,17,19-20H,8-14,16H2,1-2H3,(H,33,34)/t17-,19-,20-/m0/s1. The van der Waals surface area contributed by atoms with Gasteiger partial charge in [0, 0.05) is 29.1 Å². The zero-order valence-electron chi connectivity index (χ0n) is 20.7. The Morgan fingerprint density at radius 1 is 1.17 bits per heavy atom. The molecule has 36 heavy (non-hydrogen) atoms. The number of rotatable bonds is 5. The van der Waals surface area contributed by atoms with E-state index in [0.717, 1.165) is 47.2 Å². The van der Waals surface area contributed by atoms with Crippen LogP contribution in [0.2, 0.25) is 5.02 Å². The monoisotopic (exact) mass is 509 g/mol. The number of amides is 1. The van der Waals surface area contributed by atoms with Crippen LogP contribution in [0.4, 0.5) is 4.79 Å². The fourth-order valence-corrected chi connectivity index (χ4v) is 6.27. The summed E-state index contributed by atoms with van der Waals surface area (Å²) in [5.74, 6) is 0.192. The van der Waals surface area contributed by atoms with Crippen molar-refractivity contribution in [2.45, 2.75) is 64.0 Å². The van der Waals surface area contributed by atoms with E-state index in [2.05, 4.69) is 35.8 Å². The van der Waals surface area contributed by atoms with Gasteiger partial charge in [0.25, 0.3) is 0 Å². The number of carbonyl (C=O) groups is 2. The lowest BCUT2D eigenvalue weighted by atomic mass is 9.81. The minimum absolute atomic E-state index is 0.124. The first kappa shape index (κ1) is 24.6. The Balaban J connectivity index is 1.60. The smallest absolute Gasteiger partial charge is 0.409 e. The molecule has 1 N–H and O–H groups in total. The first-order chi connectivity index (χ1) is 17.4. The van der Waals surface area contributed by atoms with E-state index in [0.29, 0.717) is 37.4 Å². The Kier molecular flexibility index (Phi) is 6.93. The highest BCUT2D eigenvalue weighted by Gasteiger charge is 2.33. The van der Waals surface area contributed by atoms with Crippen LogP contribution in [0.5, 0.6) is 0 Å². The van der Waals surface area contributed by atoms with Crippen molar-refractivity contribution in [1.29, 1.82) is 0 Å². The van der Waals surface area contributed by atoms with Crippen LogP contribution in [0.3, 0.4) is 0 Å². The van der Waals surface area contributed by atoms with Crippen molar-refractivity contribution in [3.8, 4) is 0 Å². The van der Waals surface area contributed by atoms with Gasteiger partial charge in [0.2, 0.25) is 0 Å². The van der Waals surface area contributed by atoms with E-state index in [1.54, 1.807) is 4.90 Å². The van der Waals surface area contributed by atoms with Crippen molar-refractivity contribution < 1.29 is 19.4 Å². The molecule has 0 bridgehead atoms. The molecule has 7 nitrogen and oxygen atoms in total. The zero-order valence-corrected chi connectivity index (χ0v) is 21.5. The summed E-state index contributed by atoms with van der Waals surface area (Å²) in [7, 11) is 1.40. The number of methoxy groups -OCH3 is 1. The Morgan fingerprint density at radius 2 is 1.89 bits per heavy atom. The molecule has 2 aromatic carbocycles. The molecule has 1 saturated carbocycles. The second-order valence-electron chi connectivity index (χ2n) is 10.1. The molecule has 8 heteroatoms. The van der Waals surface area contributed by atoms with Crippen LogP contribution in [0.1, 0.15) is 67.1 Å². The number of halogens is 1. The molecule has 3 aromatic rings. The number of aromatic nitrogens is 2. The van der Waals surface area contributed by atoms with Crippen LogP contribution in [-0.4, -0.2) is 45.3 Å². The number of hydrogen-bond donors (Lipinski definition) is 1. The van der Waals surface area contributed by atoms with Gasteiger partial charge in [-0.3, -0.25) is 4.79 Å². The summed E-state index contributed by atoms with van der Waals surface area (Å²) >= 11 is 6.83. The van der Waals surface area contributed by atoms with E-state index in [4.69, 9.17) is 21.3 Å².